The lowest BCUT2D eigenvalue weighted by Crippen LogP contribution is -2.50. The summed E-state index contributed by atoms with van der Waals surface area (Å²) in [6, 6.07) is 13.6. The molecule has 0 bridgehead atoms. The lowest BCUT2D eigenvalue weighted by molar-refractivity contribution is -0.120. The van der Waals surface area contributed by atoms with Gasteiger partial charge in [0.15, 0.2) is 0 Å². The van der Waals surface area contributed by atoms with Crippen molar-refractivity contribution >= 4 is 29.2 Å². The fourth-order valence-corrected chi connectivity index (χ4v) is 4.03. The van der Waals surface area contributed by atoms with E-state index in [1.54, 1.807) is 7.11 Å². The van der Waals surface area contributed by atoms with Gasteiger partial charge in [-0.15, -0.1) is 0 Å². The Labute approximate surface area is 177 Å². The van der Waals surface area contributed by atoms with Crippen molar-refractivity contribution in [2.45, 2.75) is 6.42 Å². The van der Waals surface area contributed by atoms with Crippen LogP contribution in [0.3, 0.4) is 0 Å². The number of carbonyl (C=O) groups is 1. The molecule has 2 aliphatic heterocycles. The molecule has 0 atom stereocenters. The minimum atomic E-state index is 0.175. The molecule has 7 heteroatoms. The second-order valence-electron chi connectivity index (χ2n) is 7.74. The zero-order chi connectivity index (χ0) is 20.9. The van der Waals surface area contributed by atoms with Crippen molar-refractivity contribution < 1.29 is 9.53 Å². The predicted molar refractivity (Wildman–Crippen MR) is 121 cm³/mol. The van der Waals surface area contributed by atoms with Crippen molar-refractivity contribution in [3.8, 4) is 5.75 Å². The maximum Gasteiger partial charge on any atom is 0.241 e. The van der Waals surface area contributed by atoms with E-state index in [1.807, 2.05) is 53.6 Å². The Morgan fingerprint density at radius 3 is 2.63 bits per heavy atom. The molecule has 2 heterocycles. The second kappa shape index (κ2) is 9.28. The third-order valence-corrected chi connectivity index (χ3v) is 5.81. The van der Waals surface area contributed by atoms with Gasteiger partial charge in [-0.1, -0.05) is 12.1 Å². The van der Waals surface area contributed by atoms with E-state index in [0.717, 1.165) is 62.8 Å². The van der Waals surface area contributed by atoms with Crippen LogP contribution in [0.1, 0.15) is 5.56 Å². The van der Waals surface area contributed by atoms with Crippen LogP contribution in [0.5, 0.6) is 5.75 Å². The number of nitrogens with zero attached hydrogens (tertiary/aromatic N) is 4. The molecule has 2 N–H and O–H groups in total. The minimum Gasteiger partial charge on any atom is -0.497 e. The first-order chi connectivity index (χ1) is 14.6. The number of rotatable bonds is 6. The van der Waals surface area contributed by atoms with Gasteiger partial charge >= 0.3 is 0 Å². The molecule has 0 unspecified atom stereocenters. The van der Waals surface area contributed by atoms with Crippen molar-refractivity contribution in [3.05, 3.63) is 48.0 Å². The highest BCUT2D eigenvalue weighted by Gasteiger charge is 2.27. The summed E-state index contributed by atoms with van der Waals surface area (Å²) in [4.78, 5) is 23.9. The van der Waals surface area contributed by atoms with Crippen molar-refractivity contribution in [1.82, 2.24) is 9.80 Å². The number of hydrogen-bond donors (Lipinski definition) is 1. The molecule has 1 fully saturated rings. The average Bonchev–Trinajstić information content (AvgIpc) is 3.19. The van der Waals surface area contributed by atoms with Gasteiger partial charge in [0.25, 0.3) is 0 Å². The Morgan fingerprint density at radius 1 is 1.10 bits per heavy atom. The van der Waals surface area contributed by atoms with Crippen molar-refractivity contribution in [2.75, 3.05) is 63.6 Å². The molecule has 1 amide bonds. The van der Waals surface area contributed by atoms with Gasteiger partial charge in [-0.3, -0.25) is 19.6 Å². The summed E-state index contributed by atoms with van der Waals surface area (Å²) in [5.74, 6) is 1.02. The molecule has 4 rings (SSSR count). The van der Waals surface area contributed by atoms with Gasteiger partial charge in [0.05, 0.1) is 25.0 Å². The molecule has 7 nitrogen and oxygen atoms in total. The third-order valence-electron chi connectivity index (χ3n) is 5.81. The third kappa shape index (κ3) is 4.63. The van der Waals surface area contributed by atoms with E-state index in [1.165, 1.54) is 5.56 Å². The van der Waals surface area contributed by atoms with Crippen LogP contribution in [-0.4, -0.2) is 74.8 Å². The molecule has 0 radical (unpaired) electrons. The fourth-order valence-electron chi connectivity index (χ4n) is 4.03. The number of methoxy groups -OCH3 is 1. The maximum absolute atomic E-state index is 12.9. The van der Waals surface area contributed by atoms with Gasteiger partial charge in [-0.25, -0.2) is 0 Å². The number of amides is 1. The van der Waals surface area contributed by atoms with Crippen LogP contribution < -0.4 is 15.4 Å². The van der Waals surface area contributed by atoms with Crippen LogP contribution in [0, 0.1) is 0 Å². The first-order valence-corrected chi connectivity index (χ1v) is 10.4. The van der Waals surface area contributed by atoms with E-state index < -0.39 is 0 Å². The molecule has 158 valence electrons. The number of ether oxygens (including phenoxy) is 1. The minimum absolute atomic E-state index is 0.175. The Balaban J connectivity index is 1.25. The van der Waals surface area contributed by atoms with E-state index in [9.17, 15) is 4.79 Å². The summed E-state index contributed by atoms with van der Waals surface area (Å²) >= 11 is 0. The molecule has 0 aliphatic carbocycles. The van der Waals surface area contributed by atoms with Gasteiger partial charge < -0.3 is 15.4 Å². The molecule has 0 spiro atoms. The fraction of sp³-hybridized carbons (Fsp3) is 0.391. The summed E-state index contributed by atoms with van der Waals surface area (Å²) in [5, 5.41) is 0. The molecular weight excluding hydrogens is 378 g/mol. The van der Waals surface area contributed by atoms with Crippen molar-refractivity contribution in [2.24, 2.45) is 4.99 Å². The van der Waals surface area contributed by atoms with Crippen LogP contribution in [0.25, 0.3) is 0 Å². The zero-order valence-corrected chi connectivity index (χ0v) is 17.5. The Bertz CT molecular complexity index is 922. The van der Waals surface area contributed by atoms with Gasteiger partial charge in [0.1, 0.15) is 5.75 Å². The average molecular weight is 408 g/mol. The van der Waals surface area contributed by atoms with Gasteiger partial charge in [-0.2, -0.15) is 0 Å². The predicted octanol–water partition coefficient (Wildman–Crippen LogP) is 2.19. The summed E-state index contributed by atoms with van der Waals surface area (Å²) in [5.41, 5.74) is 9.64. The van der Waals surface area contributed by atoms with E-state index in [-0.39, 0.29) is 5.91 Å². The smallest absolute Gasteiger partial charge is 0.241 e. The number of piperazine rings is 1. The van der Waals surface area contributed by atoms with Crippen LogP contribution in [0.15, 0.2) is 47.5 Å². The molecule has 2 aromatic rings. The quantitative estimate of drug-likeness (QED) is 0.587. The number of para-hydroxylation sites is 2. The van der Waals surface area contributed by atoms with Gasteiger partial charge in [-0.05, 0) is 42.3 Å². The van der Waals surface area contributed by atoms with E-state index in [4.69, 9.17) is 10.5 Å². The van der Waals surface area contributed by atoms with E-state index >= 15 is 0 Å². The van der Waals surface area contributed by atoms with Crippen LogP contribution in [-0.2, 0) is 11.2 Å². The van der Waals surface area contributed by atoms with Crippen LogP contribution >= 0.6 is 0 Å². The van der Waals surface area contributed by atoms with E-state index in [2.05, 4.69) is 14.8 Å². The Morgan fingerprint density at radius 2 is 1.87 bits per heavy atom. The van der Waals surface area contributed by atoms with Gasteiger partial charge in [0.2, 0.25) is 5.91 Å². The number of nitrogens with two attached hydrogens (primary N) is 1. The number of hydrogen-bond acceptors (Lipinski definition) is 6. The highest BCUT2D eigenvalue weighted by Crippen LogP contribution is 2.31. The first kappa shape index (κ1) is 20.4. The summed E-state index contributed by atoms with van der Waals surface area (Å²) in [6.45, 7) is 5.63. The lowest BCUT2D eigenvalue weighted by atomic mass is 10.1. The zero-order valence-electron chi connectivity index (χ0n) is 17.5. The maximum atomic E-state index is 12.9. The molecule has 0 aromatic heterocycles. The van der Waals surface area contributed by atoms with Crippen LogP contribution in [0.2, 0.25) is 0 Å². The lowest BCUT2D eigenvalue weighted by Gasteiger charge is -2.34. The molecule has 0 saturated carbocycles. The number of nitrogen functional groups attached to an aromatic ring is 1. The summed E-state index contributed by atoms with van der Waals surface area (Å²) in [6.07, 6.45) is 2.80. The highest BCUT2D eigenvalue weighted by atomic mass is 16.5. The number of fused-ring (bicyclic) bond motifs is 1. The van der Waals surface area contributed by atoms with Crippen molar-refractivity contribution in [1.29, 1.82) is 0 Å². The second-order valence-corrected chi connectivity index (χ2v) is 7.74. The van der Waals surface area contributed by atoms with Gasteiger partial charge in [0, 0.05) is 51.2 Å². The first-order valence-electron chi connectivity index (χ1n) is 10.4. The number of aliphatic imine (C=N–C) groups is 1. The Kier molecular flexibility index (Phi) is 6.30. The Hall–Kier alpha value is -2.90. The topological polar surface area (TPSA) is 74.4 Å². The SMILES string of the molecule is COc1ccc2c(c1)CCN2C(=O)CN1CCN(C/C=N/c2ccccc2N)CC1. The number of carbonyl (C=O) groups excluding carboxylic acids is 1. The molecule has 2 aliphatic rings. The number of benzene rings is 2. The molecule has 2 aromatic carbocycles. The van der Waals surface area contributed by atoms with E-state index in [0.29, 0.717) is 12.2 Å². The summed E-state index contributed by atoms with van der Waals surface area (Å²) in [7, 11) is 1.67. The molecule has 1 saturated heterocycles. The normalized spacial score (nSPS) is 17.4. The standard InChI is InChI=1S/C23H29N5O2/c1-30-19-6-7-22-18(16-19)8-10-28(22)23(29)17-27-14-12-26(13-15-27)11-9-25-21-5-3-2-4-20(21)24/h2-7,9,16H,8,10-15,17,24H2,1H3/b25-9+. The highest BCUT2D eigenvalue weighted by molar-refractivity contribution is 5.96. The monoisotopic (exact) mass is 407 g/mol. The molecule has 30 heavy (non-hydrogen) atoms. The van der Waals surface area contributed by atoms with Crippen LogP contribution in [0.4, 0.5) is 17.1 Å². The molecular formula is C23H29N5O2. The van der Waals surface area contributed by atoms with Crippen molar-refractivity contribution in [3.63, 3.8) is 0 Å². The number of anilines is 2. The summed E-state index contributed by atoms with van der Waals surface area (Å²) < 4.78 is 5.29. The largest absolute Gasteiger partial charge is 0.497 e.